The normalized spacial score (nSPS) is 13.0. The predicted octanol–water partition coefficient (Wildman–Crippen LogP) is 16.7. The Morgan fingerprint density at radius 2 is 0.750 bits per heavy atom. The van der Waals surface area contributed by atoms with Crippen molar-refractivity contribution in [1.29, 1.82) is 0 Å². The molecular weight excluding hydrogens is 868 g/mol. The van der Waals surface area contributed by atoms with Crippen molar-refractivity contribution >= 4 is 78.8 Å². The van der Waals surface area contributed by atoms with Crippen LogP contribution in [-0.2, 0) is 10.8 Å². The van der Waals surface area contributed by atoms with Gasteiger partial charge in [0.1, 0.15) is 0 Å². The summed E-state index contributed by atoms with van der Waals surface area (Å²) in [7, 11) is 0. The summed E-state index contributed by atoms with van der Waals surface area (Å²) in [6.45, 7) is 11.8. The van der Waals surface area contributed by atoms with Crippen LogP contribution >= 0.6 is 0 Å². The highest BCUT2D eigenvalue weighted by Crippen LogP contribution is 2.49. The van der Waals surface area contributed by atoms with Crippen LogP contribution in [0.2, 0.25) is 0 Å². The van der Waals surface area contributed by atoms with Crippen molar-refractivity contribution in [2.45, 2.75) is 45.4 Å². The summed E-state index contributed by atoms with van der Waals surface area (Å²) in [4.78, 5) is 5.07. The van der Waals surface area contributed by atoms with E-state index in [2.05, 4.69) is 287 Å². The topological polar surface area (TPSA) is 6.48 Å². The van der Waals surface area contributed by atoms with Gasteiger partial charge in [0.25, 0.3) is 6.71 Å². The number of rotatable bonds is 7. The van der Waals surface area contributed by atoms with Crippen molar-refractivity contribution in [2.24, 2.45) is 0 Å². The molecule has 0 atom stereocenters. The van der Waals surface area contributed by atoms with Gasteiger partial charge in [-0.1, -0.05) is 223 Å². The van der Waals surface area contributed by atoms with Crippen molar-refractivity contribution < 1.29 is 0 Å². The van der Waals surface area contributed by atoms with Crippen LogP contribution in [0.15, 0.2) is 243 Å². The minimum atomic E-state index is -0.329. The maximum Gasteiger partial charge on any atom is 0.252 e. The Morgan fingerprint density at radius 1 is 0.306 bits per heavy atom. The molecule has 0 radical (unpaired) electrons. The minimum Gasteiger partial charge on any atom is -0.311 e. The van der Waals surface area contributed by atoms with Gasteiger partial charge in [-0.15, -0.1) is 0 Å². The summed E-state index contributed by atoms with van der Waals surface area (Å²) in [5, 5.41) is 4.99. The molecule has 0 unspecified atom stereocenters. The van der Waals surface area contributed by atoms with Crippen LogP contribution in [0.25, 0.3) is 54.9 Å². The molecule has 2 heterocycles. The van der Waals surface area contributed by atoms with E-state index in [1.165, 1.54) is 111 Å². The molecule has 11 aromatic rings. The van der Waals surface area contributed by atoms with Crippen LogP contribution in [0.3, 0.4) is 0 Å². The Kier molecular flexibility index (Phi) is 10.2. The SMILES string of the molecule is CC(C)(C)c1ccc2c(c1)B1c3ccccc3N(c3ccccc3)c3cc(-c4cc(-c5c6ccccc6c(-c6ccccc6)c6ccccc56)cc(C(C)(C)c5ccccc5)c4)cc(c31)N2c1ccccc1. The Morgan fingerprint density at radius 3 is 1.31 bits per heavy atom. The lowest BCUT2D eigenvalue weighted by molar-refractivity contribution is 0.591. The van der Waals surface area contributed by atoms with Gasteiger partial charge >= 0.3 is 0 Å². The zero-order valence-electron chi connectivity index (χ0n) is 41.6. The van der Waals surface area contributed by atoms with Gasteiger partial charge in [-0.3, -0.25) is 0 Å². The van der Waals surface area contributed by atoms with Gasteiger partial charge in [-0.2, -0.15) is 0 Å². The molecule has 2 aliphatic rings. The minimum absolute atomic E-state index is 0.0113. The number of para-hydroxylation sites is 3. The van der Waals surface area contributed by atoms with E-state index >= 15 is 0 Å². The number of hydrogen-bond donors (Lipinski definition) is 0. The standard InChI is InChI=1S/C69H55BN2/c1-68(2,3)51-38-39-62-60(45-51)70-59-36-22-23-37-61(59)71(53-28-14-8-15-29-53)63-43-48(44-64(67(63)70)72(62)54-30-16-9-17-31-54)47-40-49(42-52(41-47)69(4,5)50-26-12-7-13-27-50)66-57-34-20-18-32-55(57)65(46-24-10-6-11-25-46)56-33-19-21-35-58(56)66/h6-45H,1-5H3. The summed E-state index contributed by atoms with van der Waals surface area (Å²) in [5.74, 6) is 0. The van der Waals surface area contributed by atoms with Crippen LogP contribution in [0.1, 0.15) is 51.3 Å². The lowest BCUT2D eigenvalue weighted by Crippen LogP contribution is -2.61. The average molecular weight is 923 g/mol. The van der Waals surface area contributed by atoms with Crippen LogP contribution in [0.5, 0.6) is 0 Å². The first-order valence-corrected chi connectivity index (χ1v) is 25.5. The van der Waals surface area contributed by atoms with Gasteiger partial charge in [0.05, 0.1) is 0 Å². The van der Waals surface area contributed by atoms with Crippen LogP contribution in [0.4, 0.5) is 34.1 Å². The number of benzene rings is 11. The van der Waals surface area contributed by atoms with Crippen molar-refractivity contribution in [3.05, 3.63) is 259 Å². The number of nitrogens with zero attached hydrogens (tertiary/aromatic N) is 2. The second kappa shape index (κ2) is 16.9. The average Bonchev–Trinajstić information content (AvgIpc) is 3.42. The summed E-state index contributed by atoms with van der Waals surface area (Å²) in [6.07, 6.45) is 0. The molecule has 2 aliphatic heterocycles. The lowest BCUT2D eigenvalue weighted by atomic mass is 9.33. The third kappa shape index (κ3) is 7.01. The highest BCUT2D eigenvalue weighted by atomic mass is 15.2. The van der Waals surface area contributed by atoms with E-state index < -0.39 is 0 Å². The fourth-order valence-electron chi connectivity index (χ4n) is 12.0. The van der Waals surface area contributed by atoms with E-state index in [9.17, 15) is 0 Å². The summed E-state index contributed by atoms with van der Waals surface area (Å²) >= 11 is 0. The fourth-order valence-corrected chi connectivity index (χ4v) is 12.0. The van der Waals surface area contributed by atoms with E-state index in [1.54, 1.807) is 0 Å². The van der Waals surface area contributed by atoms with Crippen molar-refractivity contribution in [3.8, 4) is 33.4 Å². The Labute approximate surface area is 424 Å². The molecule has 0 N–H and O–H groups in total. The maximum atomic E-state index is 2.54. The quantitative estimate of drug-likeness (QED) is 0.116. The van der Waals surface area contributed by atoms with Crippen molar-refractivity contribution in [1.82, 2.24) is 0 Å². The van der Waals surface area contributed by atoms with E-state index in [-0.39, 0.29) is 17.5 Å². The number of fused-ring (bicyclic) bond motifs is 6. The van der Waals surface area contributed by atoms with Gasteiger partial charge in [-0.05, 0) is 148 Å². The van der Waals surface area contributed by atoms with Crippen molar-refractivity contribution in [3.63, 3.8) is 0 Å². The molecular formula is C69H55BN2. The summed E-state index contributed by atoms with van der Waals surface area (Å²) in [5.41, 5.74) is 21.9. The zero-order chi connectivity index (χ0) is 48.7. The predicted molar refractivity (Wildman–Crippen MR) is 309 cm³/mol. The summed E-state index contributed by atoms with van der Waals surface area (Å²) < 4.78 is 0. The van der Waals surface area contributed by atoms with Gasteiger partial charge in [0, 0.05) is 39.5 Å². The molecule has 0 spiro atoms. The third-order valence-corrected chi connectivity index (χ3v) is 15.6. The molecule has 11 aromatic carbocycles. The first kappa shape index (κ1) is 43.6. The lowest BCUT2D eigenvalue weighted by Gasteiger charge is -2.44. The molecule has 0 aliphatic carbocycles. The number of anilines is 6. The Balaban J connectivity index is 1.14. The Bertz CT molecular complexity index is 3800. The molecule has 2 nitrogen and oxygen atoms in total. The van der Waals surface area contributed by atoms with E-state index in [4.69, 9.17) is 0 Å². The highest BCUT2D eigenvalue weighted by molar-refractivity contribution is 7.00. The third-order valence-electron chi connectivity index (χ3n) is 15.6. The monoisotopic (exact) mass is 922 g/mol. The molecule has 13 rings (SSSR count). The van der Waals surface area contributed by atoms with Crippen LogP contribution in [-0.4, -0.2) is 6.71 Å². The number of hydrogen-bond acceptors (Lipinski definition) is 2. The molecule has 3 heteroatoms. The molecule has 0 saturated carbocycles. The van der Waals surface area contributed by atoms with E-state index in [0.29, 0.717) is 0 Å². The molecule has 344 valence electrons. The van der Waals surface area contributed by atoms with Crippen LogP contribution in [0, 0.1) is 0 Å². The second-order valence-electron chi connectivity index (χ2n) is 21.3. The molecule has 0 aromatic heterocycles. The van der Waals surface area contributed by atoms with Gasteiger partial charge < -0.3 is 9.80 Å². The second-order valence-corrected chi connectivity index (χ2v) is 21.3. The summed E-state index contributed by atoms with van der Waals surface area (Å²) in [6, 6.07) is 90.8. The molecule has 0 bridgehead atoms. The molecule has 0 fully saturated rings. The zero-order valence-corrected chi connectivity index (χ0v) is 41.6. The maximum absolute atomic E-state index is 2.54. The van der Waals surface area contributed by atoms with Crippen LogP contribution < -0.4 is 26.2 Å². The van der Waals surface area contributed by atoms with Gasteiger partial charge in [0.2, 0.25) is 0 Å². The van der Waals surface area contributed by atoms with Gasteiger partial charge in [-0.25, -0.2) is 0 Å². The molecule has 72 heavy (non-hydrogen) atoms. The highest BCUT2D eigenvalue weighted by Gasteiger charge is 2.44. The van der Waals surface area contributed by atoms with Crippen molar-refractivity contribution in [2.75, 3.05) is 9.80 Å². The molecule has 0 amide bonds. The molecule has 0 saturated heterocycles. The largest absolute Gasteiger partial charge is 0.311 e. The van der Waals surface area contributed by atoms with Gasteiger partial charge in [0.15, 0.2) is 0 Å². The first-order valence-electron chi connectivity index (χ1n) is 25.5. The Hall–Kier alpha value is -8.40. The first-order chi connectivity index (χ1) is 35.1. The smallest absolute Gasteiger partial charge is 0.252 e. The van der Waals surface area contributed by atoms with E-state index in [0.717, 1.165) is 11.4 Å². The van der Waals surface area contributed by atoms with E-state index in [1.807, 2.05) is 0 Å². The fraction of sp³-hybridized carbons (Fsp3) is 0.101.